The number of benzene rings is 1. The Hall–Kier alpha value is -1.56. The molecule has 128 valence electrons. The van der Waals surface area contributed by atoms with Gasteiger partial charge in [-0.05, 0) is 50.0 Å². The lowest BCUT2D eigenvalue weighted by molar-refractivity contribution is -0.141. The number of methoxy groups -OCH3 is 1. The molecular formula is C17H22F3NO2. The molecule has 23 heavy (non-hydrogen) atoms. The zero-order valence-electron chi connectivity index (χ0n) is 13.2. The molecule has 0 bridgehead atoms. The molecule has 0 N–H and O–H groups in total. The number of alkyl halides is 3. The molecule has 0 saturated carbocycles. The van der Waals surface area contributed by atoms with Gasteiger partial charge in [0.1, 0.15) is 0 Å². The molecule has 1 aromatic carbocycles. The predicted octanol–water partition coefficient (Wildman–Crippen LogP) is 4.19. The Morgan fingerprint density at radius 1 is 1.26 bits per heavy atom. The maximum atomic E-state index is 12.7. The van der Waals surface area contributed by atoms with Gasteiger partial charge in [0, 0.05) is 12.5 Å². The van der Waals surface area contributed by atoms with E-state index in [1.54, 1.807) is 12.1 Å². The third kappa shape index (κ3) is 4.96. The molecule has 0 amide bonds. The highest BCUT2D eigenvalue weighted by Gasteiger charge is 2.31. The molecule has 0 aliphatic carbocycles. The molecule has 1 fully saturated rings. The second-order valence-electron chi connectivity index (χ2n) is 5.85. The average molecular weight is 329 g/mol. The number of esters is 1. The Morgan fingerprint density at radius 3 is 2.57 bits per heavy atom. The van der Waals surface area contributed by atoms with Crippen molar-refractivity contribution in [2.45, 2.75) is 44.3 Å². The Morgan fingerprint density at radius 2 is 1.96 bits per heavy atom. The van der Waals surface area contributed by atoms with E-state index in [-0.39, 0.29) is 12.0 Å². The van der Waals surface area contributed by atoms with Crippen molar-refractivity contribution in [1.82, 2.24) is 4.90 Å². The van der Waals surface area contributed by atoms with Gasteiger partial charge in [0.2, 0.25) is 0 Å². The van der Waals surface area contributed by atoms with Gasteiger partial charge in [-0.25, -0.2) is 0 Å². The SMILES string of the molecule is COC(=O)CCCN1CCCCC1c1ccc(C(F)(F)F)cc1. The molecule has 0 radical (unpaired) electrons. The first-order valence-corrected chi connectivity index (χ1v) is 7.90. The molecule has 1 aliphatic rings. The molecule has 1 heterocycles. The number of piperidine rings is 1. The largest absolute Gasteiger partial charge is 0.469 e. The van der Waals surface area contributed by atoms with E-state index in [9.17, 15) is 18.0 Å². The lowest BCUT2D eigenvalue weighted by Gasteiger charge is -2.36. The van der Waals surface area contributed by atoms with Crippen molar-refractivity contribution in [2.24, 2.45) is 0 Å². The fraction of sp³-hybridized carbons (Fsp3) is 0.588. The summed E-state index contributed by atoms with van der Waals surface area (Å²) in [7, 11) is 1.37. The molecule has 1 atom stereocenters. The van der Waals surface area contributed by atoms with E-state index in [0.29, 0.717) is 12.8 Å². The van der Waals surface area contributed by atoms with Crippen LogP contribution in [0.1, 0.15) is 49.3 Å². The van der Waals surface area contributed by atoms with Crippen molar-refractivity contribution in [2.75, 3.05) is 20.2 Å². The van der Waals surface area contributed by atoms with E-state index in [2.05, 4.69) is 9.64 Å². The number of halogens is 3. The minimum atomic E-state index is -4.30. The summed E-state index contributed by atoms with van der Waals surface area (Å²) in [5.41, 5.74) is 0.296. The molecule has 6 heteroatoms. The van der Waals surface area contributed by atoms with Crippen LogP contribution in [0.15, 0.2) is 24.3 Å². The second-order valence-corrected chi connectivity index (χ2v) is 5.85. The first-order chi connectivity index (χ1) is 10.9. The van der Waals surface area contributed by atoms with Crippen LogP contribution in [0.4, 0.5) is 13.2 Å². The first kappa shape index (κ1) is 17.8. The quantitative estimate of drug-likeness (QED) is 0.759. The van der Waals surface area contributed by atoms with Crippen LogP contribution in [0, 0.1) is 0 Å². The molecule has 1 aromatic rings. The summed E-state index contributed by atoms with van der Waals surface area (Å²) in [5.74, 6) is -0.229. The fourth-order valence-electron chi connectivity index (χ4n) is 3.06. The molecule has 1 aliphatic heterocycles. The van der Waals surface area contributed by atoms with Crippen molar-refractivity contribution < 1.29 is 22.7 Å². The van der Waals surface area contributed by atoms with Gasteiger partial charge in [0.05, 0.1) is 12.7 Å². The fourth-order valence-corrected chi connectivity index (χ4v) is 3.06. The van der Waals surface area contributed by atoms with Gasteiger partial charge in [-0.15, -0.1) is 0 Å². The van der Waals surface area contributed by atoms with E-state index >= 15 is 0 Å². The van der Waals surface area contributed by atoms with Gasteiger partial charge in [-0.2, -0.15) is 13.2 Å². The maximum Gasteiger partial charge on any atom is 0.416 e. The van der Waals surface area contributed by atoms with Crippen molar-refractivity contribution in [3.8, 4) is 0 Å². The van der Waals surface area contributed by atoms with Gasteiger partial charge < -0.3 is 4.74 Å². The van der Waals surface area contributed by atoms with Crippen LogP contribution in [0.25, 0.3) is 0 Å². The molecule has 1 unspecified atom stereocenters. The number of ether oxygens (including phenoxy) is 1. The van der Waals surface area contributed by atoms with Crippen LogP contribution < -0.4 is 0 Å². The minimum Gasteiger partial charge on any atom is -0.469 e. The molecule has 0 aromatic heterocycles. The van der Waals surface area contributed by atoms with E-state index in [1.807, 2.05) is 0 Å². The minimum absolute atomic E-state index is 0.128. The third-order valence-electron chi connectivity index (χ3n) is 4.29. The van der Waals surface area contributed by atoms with Crippen molar-refractivity contribution >= 4 is 5.97 Å². The second kappa shape index (κ2) is 7.81. The van der Waals surface area contributed by atoms with Crippen LogP contribution in [0.3, 0.4) is 0 Å². The van der Waals surface area contributed by atoms with Gasteiger partial charge in [-0.3, -0.25) is 9.69 Å². The number of hydrogen-bond donors (Lipinski definition) is 0. The van der Waals surface area contributed by atoms with Crippen LogP contribution in [-0.4, -0.2) is 31.1 Å². The summed E-state index contributed by atoms with van der Waals surface area (Å²) in [5, 5.41) is 0. The first-order valence-electron chi connectivity index (χ1n) is 7.90. The molecule has 1 saturated heterocycles. The highest BCUT2D eigenvalue weighted by Crippen LogP contribution is 2.34. The van der Waals surface area contributed by atoms with Crippen LogP contribution in [0.5, 0.6) is 0 Å². The van der Waals surface area contributed by atoms with Crippen LogP contribution >= 0.6 is 0 Å². The summed E-state index contributed by atoms with van der Waals surface area (Å²) in [6, 6.07) is 5.58. The number of hydrogen-bond acceptors (Lipinski definition) is 3. The summed E-state index contributed by atoms with van der Waals surface area (Å²) in [4.78, 5) is 13.4. The monoisotopic (exact) mass is 329 g/mol. The summed E-state index contributed by atoms with van der Waals surface area (Å²) >= 11 is 0. The number of rotatable bonds is 5. The zero-order chi connectivity index (χ0) is 16.9. The van der Waals surface area contributed by atoms with E-state index < -0.39 is 11.7 Å². The van der Waals surface area contributed by atoms with Crippen LogP contribution in [-0.2, 0) is 15.7 Å². The third-order valence-corrected chi connectivity index (χ3v) is 4.29. The molecule has 2 rings (SSSR count). The van der Waals surface area contributed by atoms with E-state index in [4.69, 9.17) is 0 Å². The highest BCUT2D eigenvalue weighted by molar-refractivity contribution is 5.69. The lowest BCUT2D eigenvalue weighted by Crippen LogP contribution is -2.34. The Balaban J connectivity index is 2.01. The standard InChI is InChI=1S/C17H22F3NO2/c1-23-16(22)6-4-12-21-11-3-2-5-15(21)13-7-9-14(10-8-13)17(18,19)20/h7-10,15H,2-6,11-12H2,1H3. The summed E-state index contributed by atoms with van der Waals surface area (Å²) in [6.07, 6.45) is -0.153. The van der Waals surface area contributed by atoms with Gasteiger partial charge in [0.25, 0.3) is 0 Å². The Bertz CT molecular complexity index is 514. The molecule has 3 nitrogen and oxygen atoms in total. The predicted molar refractivity (Wildman–Crippen MR) is 80.9 cm³/mol. The summed E-state index contributed by atoms with van der Waals surface area (Å²) < 4.78 is 42.6. The number of carbonyl (C=O) groups excluding carboxylic acids is 1. The lowest BCUT2D eigenvalue weighted by atomic mass is 9.94. The summed E-state index contributed by atoms with van der Waals surface area (Å²) in [6.45, 7) is 1.66. The Labute approximate surface area is 134 Å². The van der Waals surface area contributed by atoms with E-state index in [0.717, 1.165) is 50.0 Å². The normalized spacial score (nSPS) is 19.6. The van der Waals surface area contributed by atoms with Crippen molar-refractivity contribution in [3.63, 3.8) is 0 Å². The van der Waals surface area contributed by atoms with Gasteiger partial charge >= 0.3 is 12.1 Å². The number of carbonyl (C=O) groups is 1. The number of nitrogens with zero attached hydrogens (tertiary/aromatic N) is 1. The van der Waals surface area contributed by atoms with Crippen molar-refractivity contribution in [3.05, 3.63) is 35.4 Å². The molecular weight excluding hydrogens is 307 g/mol. The number of likely N-dealkylation sites (tertiary alicyclic amines) is 1. The zero-order valence-corrected chi connectivity index (χ0v) is 13.2. The van der Waals surface area contributed by atoms with Gasteiger partial charge in [-0.1, -0.05) is 18.6 Å². The average Bonchev–Trinajstić information content (AvgIpc) is 2.54. The van der Waals surface area contributed by atoms with Crippen LogP contribution in [0.2, 0.25) is 0 Å². The smallest absolute Gasteiger partial charge is 0.416 e. The van der Waals surface area contributed by atoms with Gasteiger partial charge in [0.15, 0.2) is 0 Å². The van der Waals surface area contributed by atoms with E-state index in [1.165, 1.54) is 7.11 Å². The Kier molecular flexibility index (Phi) is 6.04. The topological polar surface area (TPSA) is 29.5 Å². The molecule has 0 spiro atoms. The highest BCUT2D eigenvalue weighted by atomic mass is 19.4. The maximum absolute atomic E-state index is 12.7. The van der Waals surface area contributed by atoms with Crippen molar-refractivity contribution in [1.29, 1.82) is 0 Å².